The molecule has 9 heteroatoms. The van der Waals surface area contributed by atoms with Crippen molar-refractivity contribution in [3.05, 3.63) is 48.2 Å². The van der Waals surface area contributed by atoms with E-state index in [2.05, 4.69) is 20.2 Å². The molecule has 7 nitrogen and oxygen atoms in total. The Morgan fingerprint density at radius 2 is 1.67 bits per heavy atom. The Hall–Kier alpha value is -3.49. The number of pyridine rings is 2. The van der Waals surface area contributed by atoms with Gasteiger partial charge in [-0.15, -0.1) is 0 Å². The summed E-state index contributed by atoms with van der Waals surface area (Å²) >= 11 is 0. The summed E-state index contributed by atoms with van der Waals surface area (Å²) in [6.07, 6.45) is 6.10. The van der Waals surface area contributed by atoms with Crippen LogP contribution >= 0.6 is 0 Å². The molecular formula is C27H30F2N6O. The molecule has 0 bridgehead atoms. The van der Waals surface area contributed by atoms with E-state index in [1.165, 1.54) is 12.8 Å². The molecule has 2 aliphatic heterocycles. The second kappa shape index (κ2) is 8.57. The molecule has 3 N–H and O–H groups in total. The monoisotopic (exact) mass is 492 g/mol. The van der Waals surface area contributed by atoms with Crippen LogP contribution in [0.4, 0.5) is 31.8 Å². The molecule has 1 saturated carbocycles. The average molecular weight is 493 g/mol. The molecule has 3 fully saturated rings. The fraction of sp³-hybridized carbons (Fsp3) is 0.444. The zero-order valence-corrected chi connectivity index (χ0v) is 20.1. The summed E-state index contributed by atoms with van der Waals surface area (Å²) in [6, 6.07) is 10.8. The van der Waals surface area contributed by atoms with Gasteiger partial charge in [-0.05, 0) is 61.4 Å². The zero-order chi connectivity index (χ0) is 24.9. The lowest BCUT2D eigenvalue weighted by molar-refractivity contribution is -0.0221. The molecule has 0 unspecified atom stereocenters. The minimum absolute atomic E-state index is 0.182. The van der Waals surface area contributed by atoms with Gasteiger partial charge in [0.25, 0.3) is 11.8 Å². The summed E-state index contributed by atoms with van der Waals surface area (Å²) in [7, 11) is 0. The topological polar surface area (TPSA) is 87.4 Å². The van der Waals surface area contributed by atoms with Crippen LogP contribution in [0.1, 0.15) is 48.9 Å². The maximum absolute atomic E-state index is 13.8. The number of piperidine rings is 2. The number of fused-ring (bicyclic) bond motifs is 1. The normalized spacial score (nSPS) is 20.5. The fourth-order valence-electron chi connectivity index (χ4n) is 5.48. The first-order chi connectivity index (χ1) is 17.3. The first kappa shape index (κ1) is 22.9. The Balaban J connectivity index is 1.29. The van der Waals surface area contributed by atoms with Gasteiger partial charge in [0.2, 0.25) is 0 Å². The van der Waals surface area contributed by atoms with E-state index in [1.54, 1.807) is 24.4 Å². The molecule has 1 aliphatic carbocycles. The molecule has 3 aliphatic rings. The van der Waals surface area contributed by atoms with Gasteiger partial charge in [-0.25, -0.2) is 13.8 Å². The highest BCUT2D eigenvalue weighted by Gasteiger charge is 2.44. The van der Waals surface area contributed by atoms with Gasteiger partial charge < -0.3 is 20.9 Å². The Morgan fingerprint density at radius 1 is 0.944 bits per heavy atom. The number of carbonyl (C=O) groups excluding carboxylic acids is 1. The first-order valence-corrected chi connectivity index (χ1v) is 12.7. The molecule has 1 spiro atoms. The van der Waals surface area contributed by atoms with Gasteiger partial charge in [-0.3, -0.25) is 9.78 Å². The minimum atomic E-state index is -2.66. The van der Waals surface area contributed by atoms with Gasteiger partial charge in [0.1, 0.15) is 11.3 Å². The van der Waals surface area contributed by atoms with Crippen LogP contribution in [-0.4, -0.2) is 48.0 Å². The smallest absolute Gasteiger partial charge is 0.258 e. The molecule has 1 amide bonds. The maximum atomic E-state index is 13.8. The largest absolute Gasteiger partial charge is 0.399 e. The number of nitrogens with two attached hydrogens (primary N) is 1. The van der Waals surface area contributed by atoms with Crippen molar-refractivity contribution >= 4 is 39.8 Å². The summed E-state index contributed by atoms with van der Waals surface area (Å²) in [5.41, 5.74) is 9.26. The van der Waals surface area contributed by atoms with E-state index in [-0.39, 0.29) is 31.8 Å². The van der Waals surface area contributed by atoms with Crippen molar-refractivity contribution in [3.8, 4) is 0 Å². The molecule has 6 rings (SSSR count). The van der Waals surface area contributed by atoms with E-state index in [0.29, 0.717) is 33.8 Å². The second-order valence-corrected chi connectivity index (χ2v) is 10.5. The number of nitrogen functional groups attached to an aromatic ring is 1. The number of rotatable bonds is 4. The summed E-state index contributed by atoms with van der Waals surface area (Å²) in [5.74, 6) is -2.05. The molecule has 0 radical (unpaired) electrons. The third kappa shape index (κ3) is 4.42. The summed E-state index contributed by atoms with van der Waals surface area (Å²) in [6.45, 7) is 2.18. The van der Waals surface area contributed by atoms with Gasteiger partial charge in [-0.1, -0.05) is 6.07 Å². The van der Waals surface area contributed by atoms with Crippen molar-refractivity contribution in [1.82, 2.24) is 9.97 Å². The zero-order valence-electron chi connectivity index (χ0n) is 20.1. The molecule has 2 saturated heterocycles. The number of nitrogens with one attached hydrogen (secondary N) is 1. The van der Waals surface area contributed by atoms with Crippen LogP contribution < -0.4 is 20.9 Å². The lowest BCUT2D eigenvalue weighted by atomic mass is 9.93. The van der Waals surface area contributed by atoms with Crippen molar-refractivity contribution in [2.75, 3.05) is 47.0 Å². The first-order valence-electron chi connectivity index (χ1n) is 12.7. The van der Waals surface area contributed by atoms with Gasteiger partial charge in [0.15, 0.2) is 5.82 Å². The number of carbonyl (C=O) groups is 1. The van der Waals surface area contributed by atoms with Crippen LogP contribution in [0.3, 0.4) is 0 Å². The van der Waals surface area contributed by atoms with Crippen molar-refractivity contribution in [2.24, 2.45) is 5.41 Å². The molecule has 36 heavy (non-hydrogen) atoms. The number of hydrogen-bond acceptors (Lipinski definition) is 6. The fourth-order valence-corrected chi connectivity index (χ4v) is 5.48. The van der Waals surface area contributed by atoms with E-state index in [9.17, 15) is 13.6 Å². The summed E-state index contributed by atoms with van der Waals surface area (Å²) in [5, 5.41) is 3.74. The quantitative estimate of drug-likeness (QED) is 0.494. The van der Waals surface area contributed by atoms with E-state index in [1.807, 2.05) is 23.1 Å². The average Bonchev–Trinajstić information content (AvgIpc) is 3.62. The lowest BCUT2D eigenvalue weighted by Gasteiger charge is -2.35. The van der Waals surface area contributed by atoms with Crippen LogP contribution in [0.2, 0.25) is 0 Å². The van der Waals surface area contributed by atoms with Crippen LogP contribution in [0.15, 0.2) is 42.6 Å². The summed E-state index contributed by atoms with van der Waals surface area (Å²) in [4.78, 5) is 26.7. The Bertz CT molecular complexity index is 1300. The highest BCUT2D eigenvalue weighted by atomic mass is 19.3. The van der Waals surface area contributed by atoms with Crippen LogP contribution in [0, 0.1) is 5.41 Å². The number of hydrogen-bond donors (Lipinski definition) is 2. The van der Waals surface area contributed by atoms with Gasteiger partial charge in [0.05, 0.1) is 11.3 Å². The van der Waals surface area contributed by atoms with E-state index in [0.717, 1.165) is 37.0 Å². The van der Waals surface area contributed by atoms with Crippen LogP contribution in [-0.2, 0) is 0 Å². The Kier molecular flexibility index (Phi) is 5.46. The standard InChI is InChI=1S/C27H30F2N6O/c28-27(29)9-14-35(15-10-27)24-23-18(2-1-11-31-23)16-22(32-24)33-25(36)20-4-3-19(30)17-21(20)34-12-7-26(5-6-26)8-13-34/h1-4,11,16-17H,5-10,12-15,30H2,(H,32,33,36). The highest BCUT2D eigenvalue weighted by molar-refractivity contribution is 6.09. The number of anilines is 4. The maximum Gasteiger partial charge on any atom is 0.258 e. The Morgan fingerprint density at radius 3 is 2.39 bits per heavy atom. The van der Waals surface area contributed by atoms with Crippen molar-refractivity contribution < 1.29 is 13.6 Å². The number of benzene rings is 1. The van der Waals surface area contributed by atoms with E-state index >= 15 is 0 Å². The molecule has 3 aromatic rings. The van der Waals surface area contributed by atoms with E-state index < -0.39 is 5.92 Å². The molecule has 1 aromatic carbocycles. The van der Waals surface area contributed by atoms with Gasteiger partial charge in [-0.2, -0.15) is 0 Å². The predicted molar refractivity (Wildman–Crippen MR) is 138 cm³/mol. The highest BCUT2D eigenvalue weighted by Crippen LogP contribution is 2.54. The molecule has 0 atom stereocenters. The molecule has 4 heterocycles. The van der Waals surface area contributed by atoms with Crippen molar-refractivity contribution in [3.63, 3.8) is 0 Å². The molecular weight excluding hydrogens is 462 g/mol. The van der Waals surface area contributed by atoms with Crippen LogP contribution in [0.5, 0.6) is 0 Å². The van der Waals surface area contributed by atoms with Gasteiger partial charge >= 0.3 is 0 Å². The molecule has 188 valence electrons. The third-order valence-electron chi connectivity index (χ3n) is 7.99. The number of alkyl halides is 2. The minimum Gasteiger partial charge on any atom is -0.399 e. The van der Waals surface area contributed by atoms with Crippen molar-refractivity contribution in [2.45, 2.75) is 44.4 Å². The second-order valence-electron chi connectivity index (χ2n) is 10.5. The van der Waals surface area contributed by atoms with E-state index in [4.69, 9.17) is 5.73 Å². The Labute approximate surface area is 208 Å². The lowest BCUT2D eigenvalue weighted by Crippen LogP contribution is -2.40. The SMILES string of the molecule is Nc1ccc(C(=O)Nc2cc3cccnc3c(N3CCC(F)(F)CC3)n2)c(N2CCC3(CC2)CC3)c1. The van der Waals surface area contributed by atoms with Gasteiger partial charge in [0, 0.05) is 56.3 Å². The number of halogens is 2. The number of aromatic nitrogens is 2. The predicted octanol–water partition coefficient (Wildman–Crippen LogP) is 5.08. The third-order valence-corrected chi connectivity index (χ3v) is 7.99. The van der Waals surface area contributed by atoms with Crippen LogP contribution in [0.25, 0.3) is 10.9 Å². The number of amides is 1. The van der Waals surface area contributed by atoms with Crippen molar-refractivity contribution in [1.29, 1.82) is 0 Å². The molecule has 2 aromatic heterocycles. The summed E-state index contributed by atoms with van der Waals surface area (Å²) < 4.78 is 27.6. The number of nitrogens with zero attached hydrogens (tertiary/aromatic N) is 4.